The molecule has 0 aromatic rings. The molecule has 0 aliphatic rings. The summed E-state index contributed by atoms with van der Waals surface area (Å²) in [5.41, 5.74) is 0. The second kappa shape index (κ2) is 48.0. The van der Waals surface area contributed by atoms with Crippen LogP contribution in [0.2, 0.25) is 0 Å². The zero-order chi connectivity index (χ0) is 43.0. The van der Waals surface area contributed by atoms with E-state index in [4.69, 9.17) is 14.2 Å². The van der Waals surface area contributed by atoms with Crippen LogP contribution in [0.1, 0.15) is 252 Å². The summed E-state index contributed by atoms with van der Waals surface area (Å²) in [7, 11) is 0. The highest BCUT2D eigenvalue weighted by molar-refractivity contribution is 5.71. The normalized spacial score (nSPS) is 12.4. The number of hydrogen-bond donors (Lipinski definition) is 0. The highest BCUT2D eigenvalue weighted by atomic mass is 16.6. The fraction of sp³-hybridized carbons (Fsp3) is 0.792. The average Bonchev–Trinajstić information content (AvgIpc) is 3.23. The van der Waals surface area contributed by atoms with Gasteiger partial charge in [-0.1, -0.05) is 223 Å². The van der Waals surface area contributed by atoms with Crippen molar-refractivity contribution in [3.63, 3.8) is 0 Å². The lowest BCUT2D eigenvalue weighted by atomic mass is 10.0. The first kappa shape index (κ1) is 56.4. The molecule has 0 spiro atoms. The van der Waals surface area contributed by atoms with Gasteiger partial charge >= 0.3 is 17.9 Å². The van der Waals surface area contributed by atoms with Crippen LogP contribution in [0, 0.1) is 0 Å². The van der Waals surface area contributed by atoms with E-state index >= 15 is 0 Å². The molecule has 0 rings (SSSR count). The van der Waals surface area contributed by atoms with Crippen molar-refractivity contribution in [2.45, 2.75) is 258 Å². The number of hydrogen-bond acceptors (Lipinski definition) is 6. The van der Waals surface area contributed by atoms with Crippen LogP contribution < -0.4 is 0 Å². The van der Waals surface area contributed by atoms with Gasteiger partial charge in [0.2, 0.25) is 0 Å². The van der Waals surface area contributed by atoms with Gasteiger partial charge in [0.25, 0.3) is 0 Å². The Morgan fingerprint density at radius 3 is 1.12 bits per heavy atom. The SMILES string of the molecule is CC\C=C/C=C\C=C/CCCCCCCC(=O)OC(COC(=O)CCCCCCC/C=C\CCCC)COC(=O)CCCCCCCCCCCCCCCCCCC. The summed E-state index contributed by atoms with van der Waals surface area (Å²) >= 11 is 0. The summed E-state index contributed by atoms with van der Waals surface area (Å²) in [6, 6.07) is 0. The first-order chi connectivity index (χ1) is 29.0. The lowest BCUT2D eigenvalue weighted by Gasteiger charge is -2.18. The Bertz CT molecular complexity index is 1040. The van der Waals surface area contributed by atoms with Crippen molar-refractivity contribution in [1.82, 2.24) is 0 Å². The minimum Gasteiger partial charge on any atom is -0.462 e. The third-order valence-electron chi connectivity index (χ3n) is 10.9. The van der Waals surface area contributed by atoms with Gasteiger partial charge in [0, 0.05) is 19.3 Å². The Kier molecular flexibility index (Phi) is 45.9. The summed E-state index contributed by atoms with van der Waals surface area (Å²) in [5.74, 6) is -0.907. The van der Waals surface area contributed by atoms with E-state index in [-0.39, 0.29) is 31.1 Å². The Balaban J connectivity index is 4.35. The van der Waals surface area contributed by atoms with E-state index in [9.17, 15) is 14.4 Å². The van der Waals surface area contributed by atoms with Crippen LogP contribution in [0.3, 0.4) is 0 Å². The highest BCUT2D eigenvalue weighted by Gasteiger charge is 2.19. The van der Waals surface area contributed by atoms with E-state index in [1.165, 1.54) is 122 Å². The van der Waals surface area contributed by atoms with Gasteiger partial charge in [-0.3, -0.25) is 14.4 Å². The van der Waals surface area contributed by atoms with Gasteiger partial charge in [-0.25, -0.2) is 0 Å². The van der Waals surface area contributed by atoms with Crippen LogP contribution in [0.5, 0.6) is 0 Å². The second-order valence-corrected chi connectivity index (χ2v) is 16.8. The molecule has 0 radical (unpaired) electrons. The van der Waals surface area contributed by atoms with Crippen LogP contribution in [-0.4, -0.2) is 37.2 Å². The number of unbranched alkanes of at least 4 members (excludes halogenated alkanes) is 28. The molecule has 1 unspecified atom stereocenters. The average molecular weight is 827 g/mol. The Morgan fingerprint density at radius 2 is 0.695 bits per heavy atom. The Hall–Kier alpha value is -2.63. The highest BCUT2D eigenvalue weighted by Crippen LogP contribution is 2.16. The van der Waals surface area contributed by atoms with Gasteiger partial charge < -0.3 is 14.2 Å². The molecular weight excluding hydrogens is 733 g/mol. The van der Waals surface area contributed by atoms with Crippen molar-refractivity contribution in [2.75, 3.05) is 13.2 Å². The van der Waals surface area contributed by atoms with Crippen molar-refractivity contribution < 1.29 is 28.6 Å². The standard InChI is InChI=1S/C53H94O6/c1-4-7-10-13-16-19-22-24-25-26-27-29-31-34-37-40-43-46-52(55)58-49-50(48-57-51(54)45-42-39-36-33-30-21-18-15-12-9-6-3)59-53(56)47-44-41-38-35-32-28-23-20-17-14-11-8-5-2/h8,11,14-15,17-18,20,23,50H,4-7,9-10,12-13,16,19,21-22,24-49H2,1-3H3/b11-8-,17-14-,18-15-,23-20-. The monoisotopic (exact) mass is 827 g/mol. The summed E-state index contributed by atoms with van der Waals surface area (Å²) < 4.78 is 16.7. The van der Waals surface area contributed by atoms with E-state index in [2.05, 4.69) is 69.4 Å². The largest absolute Gasteiger partial charge is 0.462 e. The number of rotatable bonds is 45. The summed E-state index contributed by atoms with van der Waals surface area (Å²) in [4.78, 5) is 37.9. The Labute approximate surface area is 365 Å². The molecule has 6 heteroatoms. The van der Waals surface area contributed by atoms with Gasteiger partial charge in [-0.05, 0) is 57.8 Å². The number of carbonyl (C=O) groups is 3. The topological polar surface area (TPSA) is 78.9 Å². The number of carbonyl (C=O) groups excluding carboxylic acids is 3. The van der Waals surface area contributed by atoms with Gasteiger partial charge in [0.05, 0.1) is 0 Å². The van der Waals surface area contributed by atoms with E-state index < -0.39 is 6.10 Å². The van der Waals surface area contributed by atoms with Crippen LogP contribution in [0.4, 0.5) is 0 Å². The third kappa shape index (κ3) is 46.3. The molecule has 6 nitrogen and oxygen atoms in total. The van der Waals surface area contributed by atoms with Crippen molar-refractivity contribution in [3.8, 4) is 0 Å². The van der Waals surface area contributed by atoms with Crippen LogP contribution in [-0.2, 0) is 28.6 Å². The zero-order valence-electron chi connectivity index (χ0n) is 39.0. The summed E-state index contributed by atoms with van der Waals surface area (Å²) in [5, 5.41) is 0. The quantitative estimate of drug-likeness (QED) is 0.0200. The van der Waals surface area contributed by atoms with E-state index in [1.807, 2.05) is 0 Å². The minimum atomic E-state index is -0.783. The van der Waals surface area contributed by atoms with Gasteiger partial charge in [0.15, 0.2) is 6.10 Å². The summed E-state index contributed by atoms with van der Waals surface area (Å²) in [6.45, 7) is 6.46. The molecule has 1 atom stereocenters. The lowest BCUT2D eigenvalue weighted by molar-refractivity contribution is -0.167. The summed E-state index contributed by atoms with van der Waals surface area (Å²) in [6.07, 6.45) is 56.7. The van der Waals surface area contributed by atoms with Crippen LogP contribution >= 0.6 is 0 Å². The van der Waals surface area contributed by atoms with E-state index in [1.54, 1.807) is 0 Å². The van der Waals surface area contributed by atoms with Crippen molar-refractivity contribution >= 4 is 17.9 Å². The molecule has 0 saturated heterocycles. The number of ether oxygens (including phenoxy) is 3. The van der Waals surface area contributed by atoms with Crippen LogP contribution in [0.15, 0.2) is 48.6 Å². The lowest BCUT2D eigenvalue weighted by Crippen LogP contribution is -2.30. The fourth-order valence-electron chi connectivity index (χ4n) is 7.07. The second-order valence-electron chi connectivity index (χ2n) is 16.8. The maximum Gasteiger partial charge on any atom is 0.306 e. The zero-order valence-corrected chi connectivity index (χ0v) is 39.0. The molecule has 0 aromatic carbocycles. The molecule has 0 saturated carbocycles. The van der Waals surface area contributed by atoms with Gasteiger partial charge in [-0.2, -0.15) is 0 Å². The molecule has 0 fully saturated rings. The number of allylic oxidation sites excluding steroid dienone is 8. The van der Waals surface area contributed by atoms with Gasteiger partial charge in [-0.15, -0.1) is 0 Å². The first-order valence-corrected chi connectivity index (χ1v) is 25.2. The molecule has 0 aliphatic heterocycles. The number of esters is 3. The Morgan fingerprint density at radius 1 is 0.356 bits per heavy atom. The molecule has 342 valence electrons. The van der Waals surface area contributed by atoms with Crippen molar-refractivity contribution in [3.05, 3.63) is 48.6 Å². The smallest absolute Gasteiger partial charge is 0.306 e. The molecule has 59 heavy (non-hydrogen) atoms. The maximum atomic E-state index is 12.7. The van der Waals surface area contributed by atoms with E-state index in [0.717, 1.165) is 89.9 Å². The predicted molar refractivity (Wildman–Crippen MR) is 252 cm³/mol. The molecule has 0 amide bonds. The maximum absolute atomic E-state index is 12.7. The minimum absolute atomic E-state index is 0.0820. The molecule has 0 aromatic heterocycles. The van der Waals surface area contributed by atoms with Crippen LogP contribution in [0.25, 0.3) is 0 Å². The molecule has 0 N–H and O–H groups in total. The van der Waals surface area contributed by atoms with Crippen molar-refractivity contribution in [1.29, 1.82) is 0 Å². The van der Waals surface area contributed by atoms with Gasteiger partial charge in [0.1, 0.15) is 13.2 Å². The molecule has 0 aliphatic carbocycles. The first-order valence-electron chi connectivity index (χ1n) is 25.2. The van der Waals surface area contributed by atoms with Crippen molar-refractivity contribution in [2.24, 2.45) is 0 Å². The molecule has 0 bridgehead atoms. The molecule has 0 heterocycles. The molecular formula is C53H94O6. The predicted octanol–water partition coefficient (Wildman–Crippen LogP) is 16.3. The fourth-order valence-corrected chi connectivity index (χ4v) is 7.07. The third-order valence-corrected chi connectivity index (χ3v) is 10.9. The van der Waals surface area contributed by atoms with E-state index in [0.29, 0.717) is 19.3 Å².